The summed E-state index contributed by atoms with van der Waals surface area (Å²) in [6.07, 6.45) is 1.20. The summed E-state index contributed by atoms with van der Waals surface area (Å²) in [4.78, 5) is -0.492. The zero-order valence-corrected chi connectivity index (χ0v) is 16.7. The third-order valence-corrected chi connectivity index (χ3v) is 5.06. The number of benzene rings is 2. The maximum atomic E-state index is 12.6. The minimum Gasteiger partial charge on any atom is -0.497 e. The number of hydrogen-bond donors (Lipinski definition) is 1. The standard InChI is InChI=1S/C19H20N2O6S/c1-24-15-7-5-14(6-8-15)21-28(22,23)16(12-20)9-13-10-18(26-3)19(27-4)11-17(13)25-2/h5-11,21H,1-4H3/b16-9-. The van der Waals surface area contributed by atoms with Gasteiger partial charge in [0.25, 0.3) is 10.0 Å². The zero-order chi connectivity index (χ0) is 20.7. The molecule has 0 spiro atoms. The summed E-state index contributed by atoms with van der Waals surface area (Å²) >= 11 is 0. The Balaban J connectivity index is 2.45. The van der Waals surface area contributed by atoms with E-state index in [2.05, 4.69) is 4.72 Å². The molecule has 0 aliphatic rings. The summed E-state index contributed by atoms with van der Waals surface area (Å²) in [5.41, 5.74) is 0.637. The molecule has 0 saturated heterocycles. The SMILES string of the molecule is COc1ccc(NS(=O)(=O)/C(C#N)=C\c2cc(OC)c(OC)cc2OC)cc1. The smallest absolute Gasteiger partial charge is 0.272 e. The predicted octanol–water partition coefficient (Wildman–Crippen LogP) is 3.03. The van der Waals surface area contributed by atoms with E-state index in [1.807, 2.05) is 0 Å². The summed E-state index contributed by atoms with van der Waals surface area (Å²) in [6, 6.07) is 11.0. The topological polar surface area (TPSA) is 107 Å². The lowest BCUT2D eigenvalue weighted by Gasteiger charge is -2.13. The number of sulfonamides is 1. The van der Waals surface area contributed by atoms with Gasteiger partial charge in [0.1, 0.15) is 17.6 Å². The van der Waals surface area contributed by atoms with Gasteiger partial charge in [-0.05, 0) is 36.4 Å². The van der Waals surface area contributed by atoms with Gasteiger partial charge in [-0.25, -0.2) is 8.42 Å². The van der Waals surface area contributed by atoms with E-state index in [1.165, 1.54) is 52.7 Å². The van der Waals surface area contributed by atoms with Crippen LogP contribution in [0.4, 0.5) is 5.69 Å². The van der Waals surface area contributed by atoms with Crippen LogP contribution in [0.15, 0.2) is 41.3 Å². The second-order valence-electron chi connectivity index (χ2n) is 5.40. The molecule has 0 bridgehead atoms. The highest BCUT2D eigenvalue weighted by molar-refractivity contribution is 7.96. The number of methoxy groups -OCH3 is 4. The third kappa shape index (κ3) is 4.66. The number of allylic oxidation sites excluding steroid dienone is 1. The van der Waals surface area contributed by atoms with Gasteiger partial charge in [0.05, 0.1) is 28.4 Å². The van der Waals surface area contributed by atoms with E-state index in [9.17, 15) is 13.7 Å². The molecule has 9 heteroatoms. The number of hydrogen-bond acceptors (Lipinski definition) is 7. The van der Waals surface area contributed by atoms with Crippen molar-refractivity contribution in [3.8, 4) is 29.1 Å². The molecule has 0 saturated carbocycles. The van der Waals surface area contributed by atoms with Gasteiger partial charge in [-0.3, -0.25) is 4.72 Å². The average Bonchev–Trinajstić information content (AvgIpc) is 2.71. The minimum absolute atomic E-state index is 0.293. The Kier molecular flexibility index (Phi) is 6.74. The monoisotopic (exact) mass is 404 g/mol. The fourth-order valence-corrected chi connectivity index (χ4v) is 3.30. The van der Waals surface area contributed by atoms with Crippen LogP contribution < -0.4 is 23.7 Å². The Bertz CT molecular complexity index is 1010. The molecule has 1 N–H and O–H groups in total. The number of nitrogens with zero attached hydrogens (tertiary/aromatic N) is 1. The Labute approximate surface area is 164 Å². The first-order chi connectivity index (χ1) is 13.4. The lowest BCUT2D eigenvalue weighted by Crippen LogP contribution is -2.14. The van der Waals surface area contributed by atoms with E-state index in [0.717, 1.165) is 0 Å². The van der Waals surface area contributed by atoms with E-state index in [-0.39, 0.29) is 0 Å². The molecule has 8 nitrogen and oxygen atoms in total. The Morgan fingerprint density at radius 2 is 1.50 bits per heavy atom. The molecular weight excluding hydrogens is 384 g/mol. The molecule has 0 fully saturated rings. The van der Waals surface area contributed by atoms with Gasteiger partial charge in [0.15, 0.2) is 16.4 Å². The molecule has 2 rings (SSSR count). The van der Waals surface area contributed by atoms with Gasteiger partial charge in [-0.15, -0.1) is 0 Å². The molecule has 148 valence electrons. The average molecular weight is 404 g/mol. The van der Waals surface area contributed by atoms with Crippen LogP contribution in [0, 0.1) is 11.3 Å². The number of anilines is 1. The molecule has 0 unspecified atom stereocenters. The van der Waals surface area contributed by atoms with E-state index < -0.39 is 14.9 Å². The van der Waals surface area contributed by atoms with Crippen molar-refractivity contribution in [1.29, 1.82) is 5.26 Å². The summed E-state index contributed by atoms with van der Waals surface area (Å²) < 4.78 is 48.4. The number of nitriles is 1. The number of rotatable bonds is 8. The van der Waals surface area contributed by atoms with Crippen LogP contribution in [0.2, 0.25) is 0 Å². The second kappa shape index (κ2) is 9.01. The molecular formula is C19H20N2O6S. The summed E-state index contributed by atoms with van der Waals surface area (Å²) in [6.45, 7) is 0. The van der Waals surface area contributed by atoms with Crippen molar-refractivity contribution in [2.45, 2.75) is 0 Å². The van der Waals surface area contributed by atoms with Gasteiger partial charge in [-0.2, -0.15) is 5.26 Å². The first-order valence-corrected chi connectivity index (χ1v) is 9.45. The lowest BCUT2D eigenvalue weighted by atomic mass is 10.1. The lowest BCUT2D eigenvalue weighted by molar-refractivity contribution is 0.348. The maximum absolute atomic E-state index is 12.6. The molecule has 0 radical (unpaired) electrons. The van der Waals surface area contributed by atoms with Crippen molar-refractivity contribution in [3.63, 3.8) is 0 Å². The van der Waals surface area contributed by atoms with E-state index >= 15 is 0 Å². The molecule has 0 atom stereocenters. The molecule has 0 amide bonds. The van der Waals surface area contributed by atoms with Gasteiger partial charge in [0.2, 0.25) is 0 Å². The number of nitrogens with one attached hydrogen (secondary N) is 1. The second-order valence-corrected chi connectivity index (χ2v) is 7.05. The van der Waals surface area contributed by atoms with Crippen molar-refractivity contribution >= 4 is 21.8 Å². The molecule has 28 heavy (non-hydrogen) atoms. The minimum atomic E-state index is -4.12. The molecule has 0 aromatic heterocycles. The molecule has 0 aliphatic heterocycles. The van der Waals surface area contributed by atoms with Gasteiger partial charge in [-0.1, -0.05) is 0 Å². The summed E-state index contributed by atoms with van der Waals surface area (Å²) in [5, 5.41) is 9.42. The summed E-state index contributed by atoms with van der Waals surface area (Å²) in [5.74, 6) is 1.68. The fraction of sp³-hybridized carbons (Fsp3) is 0.211. The van der Waals surface area contributed by atoms with Gasteiger partial charge < -0.3 is 18.9 Å². The molecule has 0 aliphatic carbocycles. The predicted molar refractivity (Wildman–Crippen MR) is 105 cm³/mol. The molecule has 0 heterocycles. The molecule has 2 aromatic rings. The quantitative estimate of drug-likeness (QED) is 0.674. The summed E-state index contributed by atoms with van der Waals surface area (Å²) in [7, 11) is 1.73. The largest absolute Gasteiger partial charge is 0.497 e. The first-order valence-electron chi connectivity index (χ1n) is 7.97. The van der Waals surface area contributed by atoms with Gasteiger partial charge >= 0.3 is 0 Å². The van der Waals surface area contributed by atoms with Crippen LogP contribution in [-0.4, -0.2) is 36.9 Å². The number of ether oxygens (including phenoxy) is 4. The van der Waals surface area contributed by atoms with Crippen molar-refractivity contribution in [3.05, 3.63) is 46.9 Å². The Morgan fingerprint density at radius 1 is 0.929 bits per heavy atom. The van der Waals surface area contributed by atoms with E-state index in [4.69, 9.17) is 18.9 Å². The van der Waals surface area contributed by atoms with Crippen molar-refractivity contribution < 1.29 is 27.4 Å². The molecule has 2 aromatic carbocycles. The van der Waals surface area contributed by atoms with Crippen LogP contribution in [0.25, 0.3) is 6.08 Å². The first kappa shape index (κ1) is 20.9. The Hall–Kier alpha value is -3.38. The van der Waals surface area contributed by atoms with Crippen LogP contribution in [0.1, 0.15) is 5.56 Å². The van der Waals surface area contributed by atoms with Crippen LogP contribution in [0.5, 0.6) is 23.0 Å². The van der Waals surface area contributed by atoms with Crippen molar-refractivity contribution in [1.82, 2.24) is 0 Å². The maximum Gasteiger partial charge on any atom is 0.272 e. The fourth-order valence-electron chi connectivity index (χ4n) is 2.35. The highest BCUT2D eigenvalue weighted by Crippen LogP contribution is 2.36. The highest BCUT2D eigenvalue weighted by Gasteiger charge is 2.20. The highest BCUT2D eigenvalue weighted by atomic mass is 32.2. The normalized spacial score (nSPS) is 11.3. The van der Waals surface area contributed by atoms with E-state index in [0.29, 0.717) is 34.2 Å². The van der Waals surface area contributed by atoms with Crippen LogP contribution in [-0.2, 0) is 10.0 Å². The third-order valence-electron chi connectivity index (χ3n) is 3.76. The van der Waals surface area contributed by atoms with Crippen molar-refractivity contribution in [2.24, 2.45) is 0 Å². The Morgan fingerprint density at radius 3 is 2.00 bits per heavy atom. The van der Waals surface area contributed by atoms with Gasteiger partial charge in [0, 0.05) is 17.3 Å². The van der Waals surface area contributed by atoms with Crippen molar-refractivity contribution in [2.75, 3.05) is 33.2 Å². The van der Waals surface area contributed by atoms with Crippen LogP contribution in [0.3, 0.4) is 0 Å². The zero-order valence-electron chi connectivity index (χ0n) is 15.8. The van der Waals surface area contributed by atoms with E-state index in [1.54, 1.807) is 24.3 Å². The van der Waals surface area contributed by atoms with Crippen LogP contribution >= 0.6 is 0 Å².